The molecule has 0 radical (unpaired) electrons. The van der Waals surface area contributed by atoms with Crippen LogP contribution in [0.2, 0.25) is 0 Å². The summed E-state index contributed by atoms with van der Waals surface area (Å²) >= 11 is 0. The molecule has 1 heterocycles. The number of aromatic nitrogens is 1. The molecule has 0 saturated heterocycles. The molecule has 1 amide bonds. The minimum Gasteiger partial charge on any atom is -0.322 e. The lowest BCUT2D eigenvalue weighted by atomic mass is 10.0. The Kier molecular flexibility index (Phi) is 10.5. The summed E-state index contributed by atoms with van der Waals surface area (Å²) in [6.45, 7) is 2.63. The highest BCUT2D eigenvalue weighted by molar-refractivity contribution is 5.97. The van der Waals surface area contributed by atoms with E-state index in [0.717, 1.165) is 41.8 Å². The van der Waals surface area contributed by atoms with Crippen molar-refractivity contribution in [1.82, 2.24) is 4.98 Å². The molecule has 1 fully saturated rings. The van der Waals surface area contributed by atoms with Gasteiger partial charge in [0.25, 0.3) is 0 Å². The lowest BCUT2D eigenvalue weighted by molar-refractivity contribution is -0.120. The molecule has 1 aliphatic rings. The molecule has 38 heavy (non-hydrogen) atoms. The van der Waals surface area contributed by atoms with Crippen molar-refractivity contribution in [3.63, 3.8) is 0 Å². The van der Waals surface area contributed by atoms with Crippen LogP contribution in [0.4, 0.5) is 5.69 Å². The summed E-state index contributed by atoms with van der Waals surface area (Å²) in [5, 5.41) is 0. The van der Waals surface area contributed by atoms with Gasteiger partial charge < -0.3 is 10.6 Å². The van der Waals surface area contributed by atoms with E-state index in [1.54, 1.807) is 6.20 Å². The lowest BCUT2D eigenvalue weighted by Crippen LogP contribution is -2.38. The number of nitrogens with zero attached hydrogens (tertiary/aromatic N) is 2. The Hall–Kier alpha value is -3.18. The highest BCUT2D eigenvalue weighted by Gasteiger charge is 2.47. The highest BCUT2D eigenvalue weighted by atomic mass is 35.5. The van der Waals surface area contributed by atoms with E-state index >= 15 is 0 Å². The molecule has 0 aliphatic heterocycles. The normalized spacial score (nSPS) is 16.5. The monoisotopic (exact) mass is 547 g/mol. The Morgan fingerprint density at radius 2 is 1.53 bits per heavy atom. The van der Waals surface area contributed by atoms with Gasteiger partial charge in [-0.15, -0.1) is 24.8 Å². The van der Waals surface area contributed by atoms with E-state index in [1.165, 1.54) is 11.1 Å². The van der Waals surface area contributed by atoms with E-state index in [1.807, 2.05) is 65.6 Å². The van der Waals surface area contributed by atoms with Gasteiger partial charge in [-0.2, -0.15) is 0 Å². The number of amides is 1. The Morgan fingerprint density at radius 1 is 0.895 bits per heavy atom. The number of rotatable bonds is 9. The standard InChI is InChI=1S/C32H33N3O.2ClH/c1-2-8-23-12-14-24(15-13-23)25-16-18-27(19-17-25)35(22-30(33)26-9-4-3-5-10-26)32(36)29-21-28(29)31-11-6-7-20-34-31;;/h3-7,9-20,28-30H,2,8,21-22,33H2,1H3;2*1H/t28-,29-,30-;;/m1../s1. The second-order valence-corrected chi connectivity index (χ2v) is 9.66. The van der Waals surface area contributed by atoms with E-state index in [9.17, 15) is 4.79 Å². The number of benzene rings is 3. The second kappa shape index (κ2) is 13.6. The second-order valence-electron chi connectivity index (χ2n) is 9.66. The SMILES string of the molecule is CCCc1ccc(-c2ccc(N(C[C@@H](N)c3ccccc3)C(=O)[C@@H]3C[C@H]3c3ccccn3)cc2)cc1.Cl.Cl. The molecular weight excluding hydrogens is 513 g/mol. The highest BCUT2D eigenvalue weighted by Crippen LogP contribution is 2.48. The minimum atomic E-state index is -0.270. The predicted molar refractivity (Wildman–Crippen MR) is 161 cm³/mol. The van der Waals surface area contributed by atoms with Crippen molar-refractivity contribution in [2.24, 2.45) is 11.7 Å². The molecule has 198 valence electrons. The minimum absolute atomic E-state index is 0. The van der Waals surface area contributed by atoms with Gasteiger partial charge in [0.05, 0.1) is 0 Å². The zero-order valence-corrected chi connectivity index (χ0v) is 23.2. The first kappa shape index (κ1) is 29.4. The molecule has 1 aliphatic carbocycles. The summed E-state index contributed by atoms with van der Waals surface area (Å²) in [5.74, 6) is 0.234. The number of anilines is 1. The Balaban J connectivity index is 0.00000200. The van der Waals surface area contributed by atoms with Gasteiger partial charge in [-0.05, 0) is 59.4 Å². The van der Waals surface area contributed by atoms with Crippen LogP contribution in [-0.2, 0) is 11.2 Å². The first-order valence-corrected chi connectivity index (χ1v) is 12.9. The maximum Gasteiger partial charge on any atom is 0.230 e. The summed E-state index contributed by atoms with van der Waals surface area (Å²) in [7, 11) is 0. The number of nitrogens with two attached hydrogens (primary N) is 1. The molecule has 4 nitrogen and oxygen atoms in total. The van der Waals surface area contributed by atoms with Crippen LogP contribution in [0.1, 0.15) is 48.5 Å². The molecule has 6 heteroatoms. The molecule has 0 spiro atoms. The van der Waals surface area contributed by atoms with Crippen LogP contribution in [0, 0.1) is 5.92 Å². The van der Waals surface area contributed by atoms with Crippen molar-refractivity contribution in [1.29, 1.82) is 0 Å². The molecule has 0 bridgehead atoms. The van der Waals surface area contributed by atoms with Gasteiger partial charge in [-0.3, -0.25) is 9.78 Å². The summed E-state index contributed by atoms with van der Waals surface area (Å²) < 4.78 is 0. The predicted octanol–water partition coefficient (Wildman–Crippen LogP) is 7.38. The van der Waals surface area contributed by atoms with Gasteiger partial charge in [0.1, 0.15) is 0 Å². The van der Waals surface area contributed by atoms with Gasteiger partial charge in [0.15, 0.2) is 0 Å². The van der Waals surface area contributed by atoms with Gasteiger partial charge in [-0.25, -0.2) is 0 Å². The van der Waals surface area contributed by atoms with E-state index in [4.69, 9.17) is 5.73 Å². The number of hydrogen-bond donors (Lipinski definition) is 1. The quantitative estimate of drug-likeness (QED) is 0.237. The van der Waals surface area contributed by atoms with Gasteiger partial charge in [0, 0.05) is 42.0 Å². The zero-order chi connectivity index (χ0) is 24.9. The maximum atomic E-state index is 13.8. The van der Waals surface area contributed by atoms with E-state index < -0.39 is 0 Å². The molecule has 3 aromatic carbocycles. The van der Waals surface area contributed by atoms with Gasteiger partial charge in [-0.1, -0.05) is 86.1 Å². The Labute approximate surface area is 238 Å². The molecular formula is C32H35Cl2N3O. The van der Waals surface area contributed by atoms with E-state index in [0.29, 0.717) is 6.54 Å². The summed E-state index contributed by atoms with van der Waals surface area (Å²) in [6, 6.07) is 32.7. The number of aryl methyl sites for hydroxylation is 1. The van der Waals surface area contributed by atoms with Crippen LogP contribution in [0.5, 0.6) is 0 Å². The lowest BCUT2D eigenvalue weighted by Gasteiger charge is -2.27. The van der Waals surface area contributed by atoms with Crippen molar-refractivity contribution in [3.8, 4) is 11.1 Å². The van der Waals surface area contributed by atoms with Crippen molar-refractivity contribution in [3.05, 3.63) is 120 Å². The van der Waals surface area contributed by atoms with Crippen molar-refractivity contribution in [2.75, 3.05) is 11.4 Å². The third kappa shape index (κ3) is 6.82. The maximum absolute atomic E-state index is 13.8. The molecule has 3 atom stereocenters. The van der Waals surface area contributed by atoms with Crippen molar-refractivity contribution < 1.29 is 4.79 Å². The smallest absolute Gasteiger partial charge is 0.230 e. The van der Waals surface area contributed by atoms with Gasteiger partial charge in [0.2, 0.25) is 5.91 Å². The van der Waals surface area contributed by atoms with E-state index in [2.05, 4.69) is 48.3 Å². The molecule has 1 aromatic heterocycles. The van der Waals surface area contributed by atoms with Crippen molar-refractivity contribution >= 4 is 36.4 Å². The topological polar surface area (TPSA) is 59.2 Å². The number of pyridine rings is 1. The molecule has 0 unspecified atom stereocenters. The third-order valence-corrected chi connectivity index (χ3v) is 7.05. The fourth-order valence-corrected chi connectivity index (χ4v) is 4.90. The third-order valence-electron chi connectivity index (χ3n) is 7.05. The summed E-state index contributed by atoms with van der Waals surface area (Å²) in [5.41, 5.74) is 13.2. The number of halogens is 2. The summed E-state index contributed by atoms with van der Waals surface area (Å²) in [6.07, 6.45) is 4.87. The average Bonchev–Trinajstić information content (AvgIpc) is 3.74. The Morgan fingerprint density at radius 3 is 2.13 bits per heavy atom. The van der Waals surface area contributed by atoms with Crippen LogP contribution < -0.4 is 10.6 Å². The fourth-order valence-electron chi connectivity index (χ4n) is 4.90. The van der Waals surface area contributed by atoms with Crippen LogP contribution in [-0.4, -0.2) is 17.4 Å². The van der Waals surface area contributed by atoms with E-state index in [-0.39, 0.29) is 48.6 Å². The van der Waals surface area contributed by atoms with Crippen molar-refractivity contribution in [2.45, 2.75) is 38.1 Å². The van der Waals surface area contributed by atoms with Crippen LogP contribution in [0.15, 0.2) is 103 Å². The number of carbonyl (C=O) groups is 1. The van der Waals surface area contributed by atoms with Gasteiger partial charge >= 0.3 is 0 Å². The van der Waals surface area contributed by atoms with Crippen LogP contribution >= 0.6 is 24.8 Å². The molecule has 5 rings (SSSR count). The average molecular weight is 549 g/mol. The molecule has 4 aromatic rings. The largest absolute Gasteiger partial charge is 0.322 e. The first-order chi connectivity index (χ1) is 17.6. The zero-order valence-electron chi connectivity index (χ0n) is 21.6. The van der Waals surface area contributed by atoms with Crippen LogP contribution in [0.25, 0.3) is 11.1 Å². The first-order valence-electron chi connectivity index (χ1n) is 12.9. The molecule has 1 saturated carbocycles. The number of carbonyl (C=O) groups excluding carboxylic acids is 1. The number of hydrogen-bond acceptors (Lipinski definition) is 3. The molecule has 2 N–H and O–H groups in total. The summed E-state index contributed by atoms with van der Waals surface area (Å²) in [4.78, 5) is 20.1. The van der Waals surface area contributed by atoms with Crippen LogP contribution in [0.3, 0.4) is 0 Å². The Bertz CT molecular complexity index is 1280. The fraction of sp³-hybridized carbons (Fsp3) is 0.250.